The van der Waals surface area contributed by atoms with Gasteiger partial charge in [0.15, 0.2) is 5.17 Å². The molecule has 0 aromatic heterocycles. The Morgan fingerprint density at radius 2 is 2.00 bits per heavy atom. The van der Waals surface area contributed by atoms with Gasteiger partial charge in [0.2, 0.25) is 0 Å². The predicted molar refractivity (Wildman–Crippen MR) is 80.2 cm³/mol. The smallest absolute Gasteiger partial charge is 0.168 e. The second kappa shape index (κ2) is 5.85. The first-order valence-electron chi connectivity index (χ1n) is 5.85. The summed E-state index contributed by atoms with van der Waals surface area (Å²) in [4.78, 5) is 7.20. The Bertz CT molecular complexity index is 339. The largest absolute Gasteiger partial charge is 0.317 e. The number of nitrogens with zero attached hydrogens (tertiary/aromatic N) is 2. The fraction of sp³-hybridized carbons (Fsp3) is 0.750. The molecule has 2 aliphatic rings. The summed E-state index contributed by atoms with van der Waals surface area (Å²) in [5, 5.41) is 3.28. The van der Waals surface area contributed by atoms with Gasteiger partial charge in [-0.05, 0) is 17.2 Å². The van der Waals surface area contributed by atoms with E-state index in [0.717, 1.165) is 5.17 Å². The average molecular weight is 295 g/mol. The van der Waals surface area contributed by atoms with E-state index in [-0.39, 0.29) is 12.4 Å². The van der Waals surface area contributed by atoms with Crippen LogP contribution in [-0.4, -0.2) is 28.0 Å². The van der Waals surface area contributed by atoms with Crippen LogP contribution < -0.4 is 0 Å². The van der Waals surface area contributed by atoms with E-state index in [0.29, 0.717) is 29.8 Å². The lowest BCUT2D eigenvalue weighted by atomic mass is 9.89. The van der Waals surface area contributed by atoms with Gasteiger partial charge in [-0.1, -0.05) is 39.5 Å². The molecular formula is C12H20Cl2N2S. The number of hydrogen-bond acceptors (Lipinski definition) is 3. The maximum Gasteiger partial charge on any atom is 0.168 e. The van der Waals surface area contributed by atoms with E-state index >= 15 is 0 Å². The summed E-state index contributed by atoms with van der Waals surface area (Å²) in [6, 6.07) is 0.893. The predicted octanol–water partition coefficient (Wildman–Crippen LogP) is 3.96. The van der Waals surface area contributed by atoms with Crippen molar-refractivity contribution in [3.63, 3.8) is 0 Å². The van der Waals surface area contributed by atoms with Crippen LogP contribution in [0.15, 0.2) is 16.1 Å². The highest BCUT2D eigenvalue weighted by molar-refractivity contribution is 8.16. The number of fused-ring (bicyclic) bond motifs is 1. The lowest BCUT2D eigenvalue weighted by molar-refractivity contribution is 0.251. The molecule has 0 spiro atoms. The molecular weight excluding hydrogens is 275 g/mol. The van der Waals surface area contributed by atoms with E-state index in [2.05, 4.69) is 38.0 Å². The van der Waals surface area contributed by atoms with Crippen molar-refractivity contribution in [3.05, 3.63) is 11.1 Å². The van der Waals surface area contributed by atoms with Crippen LogP contribution in [0, 0.1) is 11.8 Å². The van der Waals surface area contributed by atoms with Crippen LogP contribution in [-0.2, 0) is 0 Å². The van der Waals surface area contributed by atoms with E-state index in [1.807, 2.05) is 0 Å². The fourth-order valence-corrected chi connectivity index (χ4v) is 3.73. The minimum Gasteiger partial charge on any atom is -0.317 e. The molecule has 2 nitrogen and oxygen atoms in total. The minimum absolute atomic E-state index is 0. The summed E-state index contributed by atoms with van der Waals surface area (Å²) in [6.07, 6.45) is 0. The lowest BCUT2D eigenvalue weighted by Crippen LogP contribution is -2.42. The Labute approximate surface area is 119 Å². The van der Waals surface area contributed by atoms with Gasteiger partial charge in [0, 0.05) is 5.70 Å². The number of rotatable bonds is 3. The molecule has 0 saturated heterocycles. The molecule has 0 aromatic carbocycles. The Hall–Kier alpha value is 0.140. The topological polar surface area (TPSA) is 15.6 Å². The maximum atomic E-state index is 5.99. The highest BCUT2D eigenvalue weighted by Crippen LogP contribution is 2.40. The standard InChI is InChI=1S/C12H19ClN2S.ClH/c1-7(2)10-11(8(3)4)15-9(5-13)6-16-12(15)14-10;/h6-8,10-11H,5H2,1-4H3;1H. The van der Waals surface area contributed by atoms with Crippen molar-refractivity contribution >= 4 is 40.9 Å². The summed E-state index contributed by atoms with van der Waals surface area (Å²) >= 11 is 7.71. The van der Waals surface area contributed by atoms with Crippen LogP contribution in [0.25, 0.3) is 0 Å². The van der Waals surface area contributed by atoms with Crippen molar-refractivity contribution in [1.29, 1.82) is 0 Å². The van der Waals surface area contributed by atoms with Gasteiger partial charge in [0.1, 0.15) is 0 Å². The van der Waals surface area contributed by atoms with Crippen molar-refractivity contribution in [1.82, 2.24) is 4.90 Å². The van der Waals surface area contributed by atoms with Gasteiger partial charge >= 0.3 is 0 Å². The van der Waals surface area contributed by atoms with Gasteiger partial charge in [-0.2, -0.15) is 0 Å². The summed E-state index contributed by atoms with van der Waals surface area (Å²) in [5.41, 5.74) is 1.22. The van der Waals surface area contributed by atoms with E-state index in [4.69, 9.17) is 16.6 Å². The summed E-state index contributed by atoms with van der Waals surface area (Å²) in [6.45, 7) is 9.04. The van der Waals surface area contributed by atoms with Gasteiger partial charge in [-0.25, -0.2) is 0 Å². The van der Waals surface area contributed by atoms with E-state index in [1.54, 1.807) is 11.8 Å². The number of halogens is 2. The third-order valence-corrected chi connectivity index (χ3v) is 4.40. The third-order valence-electron chi connectivity index (χ3n) is 3.23. The van der Waals surface area contributed by atoms with Gasteiger partial charge in [0.25, 0.3) is 0 Å². The number of aliphatic imine (C=N–C) groups is 1. The van der Waals surface area contributed by atoms with Crippen LogP contribution in [0.1, 0.15) is 27.7 Å². The van der Waals surface area contributed by atoms with Crippen LogP contribution in [0.4, 0.5) is 0 Å². The molecule has 0 aliphatic carbocycles. The summed E-state index contributed by atoms with van der Waals surface area (Å²) < 4.78 is 0. The molecule has 2 rings (SSSR count). The number of thioether (sulfide) groups is 1. The first kappa shape index (κ1) is 15.2. The van der Waals surface area contributed by atoms with E-state index in [1.165, 1.54) is 5.70 Å². The van der Waals surface area contributed by atoms with Crippen LogP contribution in [0.3, 0.4) is 0 Å². The number of amidine groups is 1. The van der Waals surface area contributed by atoms with Crippen molar-refractivity contribution < 1.29 is 0 Å². The molecule has 0 amide bonds. The molecule has 0 saturated carbocycles. The molecule has 2 unspecified atom stereocenters. The Balaban J connectivity index is 0.00000144. The zero-order valence-corrected chi connectivity index (χ0v) is 13.1. The average Bonchev–Trinajstić information content (AvgIpc) is 2.73. The highest BCUT2D eigenvalue weighted by atomic mass is 35.5. The van der Waals surface area contributed by atoms with Crippen LogP contribution in [0.5, 0.6) is 0 Å². The first-order chi connectivity index (χ1) is 7.56. The van der Waals surface area contributed by atoms with Crippen molar-refractivity contribution in [2.24, 2.45) is 16.8 Å². The van der Waals surface area contributed by atoms with Crippen LogP contribution >= 0.6 is 35.8 Å². The molecule has 2 atom stereocenters. The Morgan fingerprint density at radius 3 is 2.47 bits per heavy atom. The minimum atomic E-state index is 0. The molecule has 2 aliphatic heterocycles. The van der Waals surface area contributed by atoms with Gasteiger partial charge < -0.3 is 4.90 Å². The SMILES string of the molecule is CC(C)C1N=C2SC=C(CCl)N2C1C(C)C.Cl. The number of hydrogen-bond donors (Lipinski definition) is 0. The first-order valence-corrected chi connectivity index (χ1v) is 7.26. The maximum absolute atomic E-state index is 5.99. The summed E-state index contributed by atoms with van der Waals surface area (Å²) in [5.74, 6) is 1.77. The van der Waals surface area contributed by atoms with Gasteiger partial charge in [-0.15, -0.1) is 24.0 Å². The van der Waals surface area contributed by atoms with E-state index in [9.17, 15) is 0 Å². The van der Waals surface area contributed by atoms with E-state index < -0.39 is 0 Å². The zero-order chi connectivity index (χ0) is 11.9. The molecule has 0 fully saturated rings. The Kier molecular flexibility index (Phi) is 5.23. The van der Waals surface area contributed by atoms with Crippen molar-refractivity contribution in [3.8, 4) is 0 Å². The molecule has 98 valence electrons. The van der Waals surface area contributed by atoms with Crippen LogP contribution in [0.2, 0.25) is 0 Å². The third kappa shape index (κ3) is 2.61. The quantitative estimate of drug-likeness (QED) is 0.732. The molecule has 0 N–H and O–H groups in total. The highest BCUT2D eigenvalue weighted by Gasteiger charge is 2.43. The fourth-order valence-electron chi connectivity index (χ4n) is 2.46. The lowest BCUT2D eigenvalue weighted by Gasteiger charge is -2.32. The summed E-state index contributed by atoms with van der Waals surface area (Å²) in [7, 11) is 0. The second-order valence-corrected chi connectivity index (χ2v) is 6.22. The van der Waals surface area contributed by atoms with Gasteiger partial charge in [0.05, 0.1) is 18.0 Å². The monoisotopic (exact) mass is 294 g/mol. The molecule has 5 heteroatoms. The van der Waals surface area contributed by atoms with Gasteiger partial charge in [-0.3, -0.25) is 4.99 Å². The normalized spacial score (nSPS) is 27.1. The molecule has 0 radical (unpaired) electrons. The zero-order valence-electron chi connectivity index (χ0n) is 10.7. The molecule has 17 heavy (non-hydrogen) atoms. The molecule has 0 aromatic rings. The second-order valence-electron chi connectivity index (χ2n) is 5.11. The molecule has 0 bridgehead atoms. The Morgan fingerprint density at radius 1 is 1.35 bits per heavy atom. The number of alkyl halides is 1. The molecule has 2 heterocycles. The van der Waals surface area contributed by atoms with Crippen molar-refractivity contribution in [2.75, 3.05) is 5.88 Å². The number of allylic oxidation sites excluding steroid dienone is 1. The van der Waals surface area contributed by atoms with Crippen molar-refractivity contribution in [2.45, 2.75) is 39.8 Å².